The highest BCUT2D eigenvalue weighted by Gasteiger charge is 2.42. The molecule has 3 aromatic rings. The lowest BCUT2D eigenvalue weighted by Crippen LogP contribution is -2.43. The van der Waals surface area contributed by atoms with Gasteiger partial charge in [-0.3, -0.25) is 4.90 Å². The second-order valence-corrected chi connectivity index (χ2v) is 8.16. The van der Waals surface area contributed by atoms with Crippen molar-refractivity contribution < 1.29 is 9.47 Å². The summed E-state index contributed by atoms with van der Waals surface area (Å²) >= 11 is 0. The molecule has 0 saturated carbocycles. The Balaban J connectivity index is 1.60. The van der Waals surface area contributed by atoms with Gasteiger partial charge < -0.3 is 9.47 Å². The molecule has 6 rings (SSSR count). The Bertz CT molecular complexity index is 1020. The second-order valence-electron chi connectivity index (χ2n) is 8.16. The van der Waals surface area contributed by atoms with E-state index in [1.807, 2.05) is 6.07 Å². The minimum atomic E-state index is 0.373. The molecule has 0 unspecified atom stereocenters. The van der Waals surface area contributed by atoms with Crippen molar-refractivity contribution in [2.45, 2.75) is 37.9 Å². The van der Waals surface area contributed by atoms with Crippen LogP contribution in [0, 0.1) is 0 Å². The summed E-state index contributed by atoms with van der Waals surface area (Å²) in [6, 6.07) is 25.0. The van der Waals surface area contributed by atoms with E-state index in [1.165, 1.54) is 27.8 Å². The lowest BCUT2D eigenvalue weighted by atomic mass is 9.79. The summed E-state index contributed by atoms with van der Waals surface area (Å²) in [6.45, 7) is 3.26. The van der Waals surface area contributed by atoms with Crippen LogP contribution in [0.25, 0.3) is 0 Å². The lowest BCUT2D eigenvalue weighted by Gasteiger charge is -2.44. The summed E-state index contributed by atoms with van der Waals surface area (Å²) in [4.78, 5) is 2.67. The van der Waals surface area contributed by atoms with E-state index in [0.29, 0.717) is 18.0 Å². The van der Waals surface area contributed by atoms with Gasteiger partial charge in [0.1, 0.15) is 11.5 Å². The highest BCUT2D eigenvalue weighted by Crippen LogP contribution is 2.49. The summed E-state index contributed by atoms with van der Waals surface area (Å²) in [5.41, 5.74) is 7.16. The van der Waals surface area contributed by atoms with Crippen LogP contribution in [0.3, 0.4) is 0 Å². The third-order valence-corrected chi connectivity index (χ3v) is 6.68. The number of fused-ring (bicyclic) bond motifs is 1. The first-order valence-corrected chi connectivity index (χ1v) is 10.3. The van der Waals surface area contributed by atoms with Crippen molar-refractivity contribution >= 4 is 0 Å². The molecular formula is C26H27NO2. The fourth-order valence-corrected chi connectivity index (χ4v) is 5.32. The van der Waals surface area contributed by atoms with Crippen molar-refractivity contribution in [1.29, 1.82) is 0 Å². The van der Waals surface area contributed by atoms with E-state index in [9.17, 15) is 0 Å². The molecule has 0 fully saturated rings. The molecular weight excluding hydrogens is 358 g/mol. The molecule has 0 radical (unpaired) electrons. The van der Waals surface area contributed by atoms with E-state index in [2.05, 4.69) is 72.5 Å². The number of methoxy groups -OCH3 is 2. The molecule has 1 aliphatic carbocycles. The molecule has 3 nitrogen and oxygen atoms in total. The van der Waals surface area contributed by atoms with E-state index < -0.39 is 0 Å². The Morgan fingerprint density at radius 3 is 2.14 bits per heavy atom. The highest BCUT2D eigenvalue weighted by molar-refractivity contribution is 5.50. The number of rotatable bonds is 4. The van der Waals surface area contributed by atoms with Crippen molar-refractivity contribution in [3.05, 3.63) is 94.5 Å². The Morgan fingerprint density at radius 2 is 1.45 bits per heavy atom. The molecule has 29 heavy (non-hydrogen) atoms. The molecule has 2 heterocycles. The van der Waals surface area contributed by atoms with Gasteiger partial charge in [-0.1, -0.05) is 48.5 Å². The minimum absolute atomic E-state index is 0.373. The maximum atomic E-state index is 5.51. The van der Waals surface area contributed by atoms with Gasteiger partial charge in [-0.05, 0) is 53.3 Å². The zero-order valence-corrected chi connectivity index (χ0v) is 17.3. The summed E-state index contributed by atoms with van der Waals surface area (Å²) in [7, 11) is 3.42. The number of nitrogens with zero attached hydrogens (tertiary/aromatic N) is 1. The number of hydrogen-bond acceptors (Lipinski definition) is 3. The quantitative estimate of drug-likeness (QED) is 0.605. The zero-order valence-electron chi connectivity index (χ0n) is 17.3. The molecule has 0 aromatic heterocycles. The molecule has 0 amide bonds. The van der Waals surface area contributed by atoms with Crippen LogP contribution in [-0.2, 0) is 13.0 Å². The van der Waals surface area contributed by atoms with E-state index in [4.69, 9.17) is 9.47 Å². The summed E-state index contributed by atoms with van der Waals surface area (Å²) in [5, 5.41) is 0. The van der Waals surface area contributed by atoms with Gasteiger partial charge >= 0.3 is 0 Å². The normalized spacial score (nSPS) is 22.5. The molecule has 0 N–H and O–H groups in total. The monoisotopic (exact) mass is 385 g/mol. The van der Waals surface area contributed by atoms with Crippen LogP contribution in [0.2, 0.25) is 0 Å². The highest BCUT2D eigenvalue weighted by atomic mass is 16.5. The van der Waals surface area contributed by atoms with Gasteiger partial charge in [-0.2, -0.15) is 0 Å². The van der Waals surface area contributed by atoms with Gasteiger partial charge in [0.2, 0.25) is 0 Å². The molecule has 3 aliphatic rings. The predicted molar refractivity (Wildman–Crippen MR) is 116 cm³/mol. The minimum Gasteiger partial charge on any atom is -0.497 e. The smallest absolute Gasteiger partial charge is 0.122 e. The number of benzene rings is 3. The Hall–Kier alpha value is -2.78. The Kier molecular flexibility index (Phi) is 4.56. The SMILES string of the molecule is COc1cc(CN2[C@H]3Cc4ccccc4[C@H](c4ccccc43)[C@@H]2C)cc(OC)c1. The van der Waals surface area contributed by atoms with Crippen LogP contribution < -0.4 is 9.47 Å². The molecule has 3 aromatic carbocycles. The second kappa shape index (κ2) is 7.23. The third kappa shape index (κ3) is 3.01. The topological polar surface area (TPSA) is 21.7 Å². The third-order valence-electron chi connectivity index (χ3n) is 6.68. The van der Waals surface area contributed by atoms with Gasteiger partial charge in [0.25, 0.3) is 0 Å². The summed E-state index contributed by atoms with van der Waals surface area (Å²) in [5.74, 6) is 2.08. The molecule has 2 aliphatic heterocycles. The van der Waals surface area contributed by atoms with Crippen molar-refractivity contribution in [1.82, 2.24) is 4.90 Å². The van der Waals surface area contributed by atoms with Crippen LogP contribution in [-0.4, -0.2) is 25.2 Å². The average Bonchev–Trinajstić information content (AvgIpc) is 2.98. The first kappa shape index (κ1) is 18.3. The van der Waals surface area contributed by atoms with Crippen molar-refractivity contribution in [2.24, 2.45) is 0 Å². The van der Waals surface area contributed by atoms with E-state index in [-0.39, 0.29) is 0 Å². The van der Waals surface area contributed by atoms with Crippen LogP contribution in [0.4, 0.5) is 0 Å². The van der Waals surface area contributed by atoms with E-state index in [0.717, 1.165) is 24.5 Å². The van der Waals surface area contributed by atoms with Crippen molar-refractivity contribution in [2.75, 3.05) is 14.2 Å². The molecule has 148 valence electrons. The lowest BCUT2D eigenvalue weighted by molar-refractivity contribution is 0.113. The molecule has 0 saturated heterocycles. The van der Waals surface area contributed by atoms with E-state index >= 15 is 0 Å². The molecule has 3 atom stereocenters. The summed E-state index contributed by atoms with van der Waals surface area (Å²) in [6.07, 6.45) is 1.05. The van der Waals surface area contributed by atoms with Gasteiger partial charge in [0.15, 0.2) is 0 Å². The first-order chi connectivity index (χ1) is 14.2. The van der Waals surface area contributed by atoms with E-state index in [1.54, 1.807) is 14.2 Å². The van der Waals surface area contributed by atoms with Crippen molar-refractivity contribution in [3.8, 4) is 11.5 Å². The predicted octanol–water partition coefficient (Wildman–Crippen LogP) is 5.34. The fraction of sp³-hybridized carbons (Fsp3) is 0.308. The fourth-order valence-electron chi connectivity index (χ4n) is 5.32. The van der Waals surface area contributed by atoms with Gasteiger partial charge in [-0.15, -0.1) is 0 Å². The Morgan fingerprint density at radius 1 is 0.828 bits per heavy atom. The van der Waals surface area contributed by atoms with Gasteiger partial charge in [0, 0.05) is 30.6 Å². The summed E-state index contributed by atoms with van der Waals surface area (Å²) < 4.78 is 11.0. The number of ether oxygens (including phenoxy) is 2. The first-order valence-electron chi connectivity index (χ1n) is 10.3. The van der Waals surface area contributed by atoms with Gasteiger partial charge in [-0.25, -0.2) is 0 Å². The Labute approximate surface area is 172 Å². The molecule has 0 spiro atoms. The average molecular weight is 386 g/mol. The van der Waals surface area contributed by atoms with Crippen LogP contribution in [0.1, 0.15) is 46.7 Å². The van der Waals surface area contributed by atoms with Gasteiger partial charge in [0.05, 0.1) is 14.2 Å². The standard InChI is InChI=1S/C26H27NO2/c1-17-26-22-9-5-4-8-19(22)14-25(23-10-6-7-11-24(23)26)27(17)16-18-12-20(28-2)15-21(13-18)29-3/h4-13,15,17,25-26H,14,16H2,1-3H3/t17-,25-,26+/m0/s1. The maximum Gasteiger partial charge on any atom is 0.122 e. The molecule has 3 heteroatoms. The zero-order chi connectivity index (χ0) is 20.0. The van der Waals surface area contributed by atoms with Crippen molar-refractivity contribution in [3.63, 3.8) is 0 Å². The molecule has 2 bridgehead atoms. The van der Waals surface area contributed by atoms with Crippen LogP contribution in [0.15, 0.2) is 66.7 Å². The van der Waals surface area contributed by atoms with Crippen LogP contribution in [0.5, 0.6) is 11.5 Å². The van der Waals surface area contributed by atoms with Crippen LogP contribution >= 0.6 is 0 Å². The maximum absolute atomic E-state index is 5.51. The number of hydrogen-bond donors (Lipinski definition) is 0. The largest absolute Gasteiger partial charge is 0.497 e.